The van der Waals surface area contributed by atoms with Crippen LogP contribution in [0.4, 0.5) is 0 Å². The number of unbranched alkanes of at least 4 members (excludes halogenated alkanes) is 1. The van der Waals surface area contributed by atoms with Gasteiger partial charge < -0.3 is 14.6 Å². The minimum absolute atomic E-state index is 0.142. The molecule has 0 fully saturated rings. The molecule has 1 atom stereocenters. The first-order chi connectivity index (χ1) is 12.9. The largest absolute Gasteiger partial charge is 0.457 e. The maximum absolute atomic E-state index is 6.10. The first-order valence-electron chi connectivity index (χ1n) is 9.43. The molecule has 1 aromatic heterocycles. The van der Waals surface area contributed by atoms with Crippen LogP contribution in [0.5, 0.6) is 11.5 Å². The van der Waals surface area contributed by atoms with E-state index in [2.05, 4.69) is 52.3 Å². The summed E-state index contributed by atoms with van der Waals surface area (Å²) in [6.07, 6.45) is 9.41. The lowest BCUT2D eigenvalue weighted by Gasteiger charge is -2.30. The SMILES string of the molecule is CCCCC(CNC1c2ccccc2Oc2ccccc21)n1ccnc1. The number of fused-ring (bicyclic) bond motifs is 2. The number of rotatable bonds is 7. The number of nitrogens with zero attached hydrogens (tertiary/aromatic N) is 2. The van der Waals surface area contributed by atoms with Crippen LogP contribution in [-0.2, 0) is 0 Å². The van der Waals surface area contributed by atoms with Crippen LogP contribution in [0, 0.1) is 0 Å². The van der Waals surface area contributed by atoms with Crippen molar-refractivity contribution in [2.45, 2.75) is 38.3 Å². The lowest BCUT2D eigenvalue weighted by Crippen LogP contribution is -2.31. The van der Waals surface area contributed by atoms with Crippen LogP contribution in [0.15, 0.2) is 67.3 Å². The van der Waals surface area contributed by atoms with Crippen molar-refractivity contribution in [3.8, 4) is 11.5 Å². The van der Waals surface area contributed by atoms with Crippen LogP contribution in [0.2, 0.25) is 0 Å². The Labute approximate surface area is 154 Å². The van der Waals surface area contributed by atoms with E-state index in [9.17, 15) is 0 Å². The molecule has 0 aliphatic carbocycles. The van der Waals surface area contributed by atoms with E-state index < -0.39 is 0 Å². The van der Waals surface area contributed by atoms with Gasteiger partial charge in [0.1, 0.15) is 11.5 Å². The van der Waals surface area contributed by atoms with E-state index >= 15 is 0 Å². The number of imidazole rings is 1. The van der Waals surface area contributed by atoms with Gasteiger partial charge in [-0.1, -0.05) is 56.2 Å². The Kier molecular flexibility index (Phi) is 5.02. The Morgan fingerprint density at radius 3 is 2.38 bits per heavy atom. The second-order valence-electron chi connectivity index (χ2n) is 6.82. The van der Waals surface area contributed by atoms with Crippen molar-refractivity contribution < 1.29 is 4.74 Å². The van der Waals surface area contributed by atoms with E-state index in [0.717, 1.165) is 24.5 Å². The van der Waals surface area contributed by atoms with Gasteiger partial charge in [0.05, 0.1) is 12.4 Å². The van der Waals surface area contributed by atoms with Crippen molar-refractivity contribution in [1.82, 2.24) is 14.9 Å². The van der Waals surface area contributed by atoms with Crippen molar-refractivity contribution in [3.63, 3.8) is 0 Å². The van der Waals surface area contributed by atoms with Gasteiger partial charge in [-0.3, -0.25) is 0 Å². The fraction of sp³-hybridized carbons (Fsp3) is 0.318. The maximum atomic E-state index is 6.10. The molecule has 2 aromatic carbocycles. The molecule has 1 aliphatic heterocycles. The third-order valence-corrected chi connectivity index (χ3v) is 5.07. The third-order valence-electron chi connectivity index (χ3n) is 5.07. The Morgan fingerprint density at radius 2 is 1.77 bits per heavy atom. The molecule has 4 rings (SSSR count). The number of aromatic nitrogens is 2. The molecule has 0 radical (unpaired) electrons. The molecule has 134 valence electrons. The molecular weight excluding hydrogens is 322 g/mol. The topological polar surface area (TPSA) is 39.1 Å². The molecule has 3 aromatic rings. The van der Waals surface area contributed by atoms with Gasteiger partial charge in [0.2, 0.25) is 0 Å². The normalized spacial score (nSPS) is 14.3. The summed E-state index contributed by atoms with van der Waals surface area (Å²) in [6.45, 7) is 3.13. The highest BCUT2D eigenvalue weighted by Gasteiger charge is 2.27. The predicted octanol–water partition coefficient (Wildman–Crippen LogP) is 5.10. The Balaban J connectivity index is 1.59. The first-order valence-corrected chi connectivity index (χ1v) is 9.43. The van der Waals surface area contributed by atoms with Gasteiger partial charge in [-0.05, 0) is 18.6 Å². The molecule has 1 unspecified atom stereocenters. The van der Waals surface area contributed by atoms with Crippen LogP contribution in [-0.4, -0.2) is 16.1 Å². The summed E-state index contributed by atoms with van der Waals surface area (Å²) in [6, 6.07) is 17.2. The smallest absolute Gasteiger partial charge is 0.132 e. The number of hydrogen-bond acceptors (Lipinski definition) is 3. The zero-order chi connectivity index (χ0) is 17.8. The second-order valence-corrected chi connectivity index (χ2v) is 6.82. The number of hydrogen-bond donors (Lipinski definition) is 1. The molecule has 1 N–H and O–H groups in total. The summed E-state index contributed by atoms with van der Waals surface area (Å²) in [7, 11) is 0. The molecule has 0 saturated carbocycles. The summed E-state index contributed by atoms with van der Waals surface area (Å²) in [5.41, 5.74) is 2.40. The van der Waals surface area contributed by atoms with Gasteiger partial charge in [0, 0.05) is 36.1 Å². The van der Waals surface area contributed by atoms with Crippen LogP contribution < -0.4 is 10.1 Å². The zero-order valence-corrected chi connectivity index (χ0v) is 15.1. The second kappa shape index (κ2) is 7.75. The highest BCUT2D eigenvalue weighted by atomic mass is 16.5. The van der Waals surface area contributed by atoms with Crippen molar-refractivity contribution in [3.05, 3.63) is 78.4 Å². The monoisotopic (exact) mass is 347 g/mol. The standard InChI is InChI=1S/C22H25N3O/c1-2-3-8-17(25-14-13-23-16-25)15-24-22-18-9-4-6-11-20(18)26-21-12-7-5-10-19(21)22/h4-7,9-14,16-17,22,24H,2-3,8,15H2,1H3. The highest BCUT2D eigenvalue weighted by Crippen LogP contribution is 2.42. The highest BCUT2D eigenvalue weighted by molar-refractivity contribution is 5.52. The summed E-state index contributed by atoms with van der Waals surface area (Å²) in [4.78, 5) is 4.23. The van der Waals surface area contributed by atoms with Gasteiger partial charge in [0.15, 0.2) is 0 Å². The number of para-hydroxylation sites is 2. The minimum Gasteiger partial charge on any atom is -0.457 e. The molecule has 0 saturated heterocycles. The summed E-state index contributed by atoms with van der Waals surface area (Å²) in [5.74, 6) is 1.88. The Bertz CT molecular complexity index is 799. The van der Waals surface area contributed by atoms with Crippen LogP contribution in [0.25, 0.3) is 0 Å². The van der Waals surface area contributed by atoms with Crippen LogP contribution in [0.1, 0.15) is 49.4 Å². The number of benzene rings is 2. The summed E-state index contributed by atoms with van der Waals surface area (Å²) < 4.78 is 8.32. The maximum Gasteiger partial charge on any atom is 0.132 e. The van der Waals surface area contributed by atoms with E-state index in [0.29, 0.717) is 6.04 Å². The van der Waals surface area contributed by atoms with E-state index in [4.69, 9.17) is 4.74 Å². The molecule has 1 aliphatic rings. The number of nitrogens with one attached hydrogen (secondary N) is 1. The van der Waals surface area contributed by atoms with E-state index in [1.807, 2.05) is 36.8 Å². The molecule has 0 amide bonds. The molecule has 0 spiro atoms. The van der Waals surface area contributed by atoms with E-state index in [-0.39, 0.29) is 6.04 Å². The van der Waals surface area contributed by atoms with E-state index in [1.54, 1.807) is 0 Å². The fourth-order valence-electron chi connectivity index (χ4n) is 3.67. The lowest BCUT2D eigenvalue weighted by atomic mass is 9.94. The Hall–Kier alpha value is -2.59. The van der Waals surface area contributed by atoms with Crippen LogP contribution >= 0.6 is 0 Å². The summed E-state index contributed by atoms with van der Waals surface area (Å²) in [5, 5.41) is 3.80. The van der Waals surface area contributed by atoms with Gasteiger partial charge in [-0.15, -0.1) is 0 Å². The predicted molar refractivity (Wildman–Crippen MR) is 104 cm³/mol. The minimum atomic E-state index is 0.142. The zero-order valence-electron chi connectivity index (χ0n) is 15.1. The number of ether oxygens (including phenoxy) is 1. The molecule has 0 bridgehead atoms. The van der Waals surface area contributed by atoms with Gasteiger partial charge in [-0.2, -0.15) is 0 Å². The fourth-order valence-corrected chi connectivity index (χ4v) is 3.67. The van der Waals surface area contributed by atoms with Gasteiger partial charge in [-0.25, -0.2) is 4.98 Å². The van der Waals surface area contributed by atoms with Crippen molar-refractivity contribution in [1.29, 1.82) is 0 Å². The molecule has 4 nitrogen and oxygen atoms in total. The lowest BCUT2D eigenvalue weighted by molar-refractivity contribution is 0.383. The first kappa shape index (κ1) is 16.9. The van der Waals surface area contributed by atoms with E-state index in [1.165, 1.54) is 24.0 Å². The molecule has 4 heteroatoms. The third kappa shape index (κ3) is 3.37. The average Bonchev–Trinajstić information content (AvgIpc) is 3.22. The average molecular weight is 347 g/mol. The quantitative estimate of drug-likeness (QED) is 0.646. The van der Waals surface area contributed by atoms with Crippen molar-refractivity contribution in [2.75, 3.05) is 6.54 Å². The molecular formula is C22H25N3O. The summed E-state index contributed by atoms with van der Waals surface area (Å²) >= 11 is 0. The van der Waals surface area contributed by atoms with Crippen molar-refractivity contribution in [2.24, 2.45) is 0 Å². The van der Waals surface area contributed by atoms with Crippen molar-refractivity contribution >= 4 is 0 Å². The van der Waals surface area contributed by atoms with Gasteiger partial charge >= 0.3 is 0 Å². The Morgan fingerprint density at radius 1 is 1.08 bits per heavy atom. The molecule has 2 heterocycles. The molecule has 26 heavy (non-hydrogen) atoms. The van der Waals surface area contributed by atoms with Gasteiger partial charge in [0.25, 0.3) is 0 Å². The van der Waals surface area contributed by atoms with Crippen LogP contribution in [0.3, 0.4) is 0 Å².